The number of anilines is 2. The van der Waals surface area contributed by atoms with Crippen molar-refractivity contribution in [1.29, 1.82) is 0 Å². The molecule has 0 saturated carbocycles. The lowest BCUT2D eigenvalue weighted by Gasteiger charge is -2.11. The standard InChI is InChI=1S/C19H21N3O5S2/c1-4-9-29(24,25)19-22-14-7-5-13(11-17(14)28-19)21-18(23)20-12-6-8-15(26-2)16(10-12)27-3/h5-8,10-11H,4,9H2,1-3H3,(H2,20,21,23). The summed E-state index contributed by atoms with van der Waals surface area (Å²) in [6.45, 7) is 1.81. The number of rotatable bonds is 7. The molecule has 0 unspecified atom stereocenters. The first-order chi connectivity index (χ1) is 13.9. The highest BCUT2D eigenvalue weighted by Crippen LogP contribution is 2.31. The Bertz CT molecular complexity index is 1140. The summed E-state index contributed by atoms with van der Waals surface area (Å²) in [4.78, 5) is 16.5. The van der Waals surface area contributed by atoms with Gasteiger partial charge in [0, 0.05) is 17.4 Å². The summed E-state index contributed by atoms with van der Waals surface area (Å²) >= 11 is 1.10. The van der Waals surface area contributed by atoms with Crippen molar-refractivity contribution < 1.29 is 22.7 Å². The van der Waals surface area contributed by atoms with Gasteiger partial charge in [-0.05, 0) is 36.8 Å². The minimum absolute atomic E-state index is 0.0612. The van der Waals surface area contributed by atoms with Gasteiger partial charge in [-0.2, -0.15) is 0 Å². The molecule has 154 valence electrons. The molecule has 0 aliphatic carbocycles. The number of hydrogen-bond donors (Lipinski definition) is 2. The van der Waals surface area contributed by atoms with Crippen LogP contribution in [0.3, 0.4) is 0 Å². The molecular formula is C19H21N3O5S2. The Kier molecular flexibility index (Phi) is 6.23. The summed E-state index contributed by atoms with van der Waals surface area (Å²) in [6, 6.07) is 9.64. The van der Waals surface area contributed by atoms with Gasteiger partial charge in [-0.1, -0.05) is 6.92 Å². The second kappa shape index (κ2) is 8.66. The molecule has 0 aliphatic heterocycles. The number of nitrogens with zero attached hydrogens (tertiary/aromatic N) is 1. The molecule has 2 amide bonds. The van der Waals surface area contributed by atoms with Gasteiger partial charge in [0.05, 0.1) is 30.2 Å². The van der Waals surface area contributed by atoms with Crippen LogP contribution in [0.5, 0.6) is 11.5 Å². The van der Waals surface area contributed by atoms with Gasteiger partial charge < -0.3 is 20.1 Å². The maximum absolute atomic E-state index is 12.3. The summed E-state index contributed by atoms with van der Waals surface area (Å²) in [5.41, 5.74) is 1.64. The number of fused-ring (bicyclic) bond motifs is 1. The summed E-state index contributed by atoms with van der Waals surface area (Å²) < 4.78 is 35.6. The zero-order chi connectivity index (χ0) is 21.0. The van der Waals surface area contributed by atoms with Gasteiger partial charge in [-0.25, -0.2) is 18.2 Å². The number of aromatic nitrogens is 1. The highest BCUT2D eigenvalue weighted by molar-refractivity contribution is 7.93. The van der Waals surface area contributed by atoms with Crippen molar-refractivity contribution >= 4 is 48.8 Å². The van der Waals surface area contributed by atoms with Crippen molar-refractivity contribution in [1.82, 2.24) is 4.98 Å². The third-order valence-electron chi connectivity index (χ3n) is 4.01. The van der Waals surface area contributed by atoms with Gasteiger partial charge in [0.15, 0.2) is 11.5 Å². The monoisotopic (exact) mass is 435 g/mol. The molecule has 0 fully saturated rings. The molecule has 0 aliphatic rings. The number of benzene rings is 2. The minimum atomic E-state index is -3.38. The van der Waals surface area contributed by atoms with Crippen molar-refractivity contribution in [3.8, 4) is 11.5 Å². The first-order valence-corrected chi connectivity index (χ1v) is 11.3. The largest absolute Gasteiger partial charge is 0.493 e. The van der Waals surface area contributed by atoms with Crippen LogP contribution in [0.15, 0.2) is 40.7 Å². The molecule has 3 rings (SSSR count). The van der Waals surface area contributed by atoms with Crippen molar-refractivity contribution in [3.63, 3.8) is 0 Å². The fraction of sp³-hybridized carbons (Fsp3) is 0.263. The Morgan fingerprint density at radius 2 is 1.69 bits per heavy atom. The number of methoxy groups -OCH3 is 2. The lowest BCUT2D eigenvalue weighted by Crippen LogP contribution is -2.19. The molecule has 1 aromatic heterocycles. The normalized spacial score (nSPS) is 11.3. The molecule has 29 heavy (non-hydrogen) atoms. The number of ether oxygens (including phenoxy) is 2. The van der Waals surface area contributed by atoms with E-state index in [0.29, 0.717) is 39.5 Å². The second-order valence-corrected chi connectivity index (χ2v) is 9.44. The van der Waals surface area contributed by atoms with E-state index in [2.05, 4.69) is 15.6 Å². The van der Waals surface area contributed by atoms with Crippen molar-refractivity contribution in [2.45, 2.75) is 17.7 Å². The topological polar surface area (TPSA) is 107 Å². The predicted octanol–water partition coefficient (Wildman–Crippen LogP) is 4.14. The summed E-state index contributed by atoms with van der Waals surface area (Å²) in [6.07, 6.45) is 0.529. The maximum atomic E-state index is 12.3. The number of urea groups is 1. The molecule has 0 bridgehead atoms. The highest BCUT2D eigenvalue weighted by Gasteiger charge is 2.19. The van der Waals surface area contributed by atoms with Gasteiger partial charge in [0.1, 0.15) is 0 Å². The number of hydrogen-bond acceptors (Lipinski definition) is 7. The zero-order valence-corrected chi connectivity index (χ0v) is 17.8. The molecule has 0 radical (unpaired) electrons. The maximum Gasteiger partial charge on any atom is 0.323 e. The van der Waals surface area contributed by atoms with Gasteiger partial charge in [0.2, 0.25) is 14.2 Å². The van der Waals surface area contributed by atoms with E-state index < -0.39 is 15.9 Å². The molecule has 0 spiro atoms. The van der Waals surface area contributed by atoms with E-state index in [1.807, 2.05) is 6.92 Å². The number of thiazole rings is 1. The molecule has 0 saturated heterocycles. The van der Waals surface area contributed by atoms with Crippen LogP contribution in [0, 0.1) is 0 Å². The lowest BCUT2D eigenvalue weighted by atomic mass is 10.2. The molecule has 3 aromatic rings. The Labute approximate surface area is 172 Å². The predicted molar refractivity (Wildman–Crippen MR) is 114 cm³/mol. The highest BCUT2D eigenvalue weighted by atomic mass is 32.2. The van der Waals surface area contributed by atoms with Gasteiger partial charge in [0.25, 0.3) is 0 Å². The Hall–Kier alpha value is -2.85. The first kappa shape index (κ1) is 20.9. The third-order valence-corrected chi connectivity index (χ3v) is 7.40. The van der Waals surface area contributed by atoms with E-state index in [1.54, 1.807) is 36.4 Å². The molecule has 10 heteroatoms. The lowest BCUT2D eigenvalue weighted by molar-refractivity contribution is 0.262. The summed E-state index contributed by atoms with van der Waals surface area (Å²) in [7, 11) is -0.327. The van der Waals surface area contributed by atoms with Crippen molar-refractivity contribution in [2.24, 2.45) is 0 Å². The summed E-state index contributed by atoms with van der Waals surface area (Å²) in [5.74, 6) is 1.12. The number of nitrogens with one attached hydrogen (secondary N) is 2. The van der Waals surface area contributed by atoms with E-state index in [4.69, 9.17) is 9.47 Å². The Morgan fingerprint density at radius 3 is 2.34 bits per heavy atom. The average Bonchev–Trinajstić information content (AvgIpc) is 3.12. The second-order valence-electron chi connectivity index (χ2n) is 6.13. The Balaban J connectivity index is 1.75. The van der Waals surface area contributed by atoms with Crippen molar-refractivity contribution in [2.75, 3.05) is 30.6 Å². The third kappa shape index (κ3) is 4.77. The smallest absolute Gasteiger partial charge is 0.323 e. The molecule has 0 atom stereocenters. The van der Waals surface area contributed by atoms with Crippen LogP contribution >= 0.6 is 11.3 Å². The fourth-order valence-electron chi connectivity index (χ4n) is 2.68. The van der Waals surface area contributed by atoms with Gasteiger partial charge in [-0.3, -0.25) is 0 Å². The molecular weight excluding hydrogens is 414 g/mol. The number of carbonyl (C=O) groups excluding carboxylic acids is 1. The summed E-state index contributed by atoms with van der Waals surface area (Å²) in [5, 5.41) is 5.45. The van der Waals surface area contributed by atoms with Crippen LogP contribution < -0.4 is 20.1 Å². The van der Waals surface area contributed by atoms with Crippen LogP contribution in [-0.2, 0) is 9.84 Å². The van der Waals surface area contributed by atoms with Crippen LogP contribution in [-0.4, -0.2) is 39.4 Å². The number of amides is 2. The van der Waals surface area contributed by atoms with E-state index in [-0.39, 0.29) is 10.1 Å². The van der Waals surface area contributed by atoms with E-state index in [9.17, 15) is 13.2 Å². The molecule has 2 N–H and O–H groups in total. The fourth-order valence-corrected chi connectivity index (χ4v) is 5.39. The van der Waals surface area contributed by atoms with E-state index >= 15 is 0 Å². The molecule has 2 aromatic carbocycles. The first-order valence-electron chi connectivity index (χ1n) is 8.79. The van der Waals surface area contributed by atoms with E-state index in [0.717, 1.165) is 11.3 Å². The SMILES string of the molecule is CCCS(=O)(=O)c1nc2ccc(NC(=O)Nc3ccc(OC)c(OC)c3)cc2s1. The molecule has 8 nitrogen and oxygen atoms in total. The average molecular weight is 436 g/mol. The van der Waals surface area contributed by atoms with Crippen LogP contribution in [0.25, 0.3) is 10.2 Å². The number of sulfone groups is 1. The van der Waals surface area contributed by atoms with Gasteiger partial charge >= 0.3 is 6.03 Å². The Morgan fingerprint density at radius 1 is 1.03 bits per heavy atom. The van der Waals surface area contributed by atoms with Crippen LogP contribution in [0.4, 0.5) is 16.2 Å². The van der Waals surface area contributed by atoms with Crippen LogP contribution in [0.2, 0.25) is 0 Å². The minimum Gasteiger partial charge on any atom is -0.493 e. The van der Waals surface area contributed by atoms with E-state index in [1.165, 1.54) is 14.2 Å². The zero-order valence-electron chi connectivity index (χ0n) is 16.2. The quantitative estimate of drug-likeness (QED) is 0.578. The molecule has 1 heterocycles. The number of carbonyl (C=O) groups is 1. The van der Waals surface area contributed by atoms with Crippen LogP contribution in [0.1, 0.15) is 13.3 Å². The van der Waals surface area contributed by atoms with Gasteiger partial charge in [-0.15, -0.1) is 11.3 Å². The van der Waals surface area contributed by atoms with Crippen molar-refractivity contribution in [3.05, 3.63) is 36.4 Å².